The third kappa shape index (κ3) is 4.06. The lowest BCUT2D eigenvalue weighted by molar-refractivity contribution is -0.123. The van der Waals surface area contributed by atoms with Crippen molar-refractivity contribution in [2.24, 2.45) is 0 Å². The highest BCUT2D eigenvalue weighted by molar-refractivity contribution is 5.97. The van der Waals surface area contributed by atoms with Crippen LogP contribution in [0.2, 0.25) is 0 Å². The molecule has 1 saturated carbocycles. The van der Waals surface area contributed by atoms with Crippen LogP contribution in [0.1, 0.15) is 54.4 Å². The summed E-state index contributed by atoms with van der Waals surface area (Å²) in [6.07, 6.45) is 1.84. The second-order valence-electron chi connectivity index (χ2n) is 5.53. The first kappa shape index (κ1) is 16.0. The van der Waals surface area contributed by atoms with Gasteiger partial charge in [0.25, 0.3) is 5.91 Å². The van der Waals surface area contributed by atoms with E-state index in [-0.39, 0.29) is 17.5 Å². The third-order valence-corrected chi connectivity index (χ3v) is 3.12. The number of ether oxygens (including phenoxy) is 1. The Bertz CT molecular complexity index is 589. The van der Waals surface area contributed by atoms with E-state index < -0.39 is 24.5 Å². The Hall–Kier alpha value is -2.38. The molecule has 1 heterocycles. The summed E-state index contributed by atoms with van der Waals surface area (Å²) in [5, 5.41) is 8.43. The van der Waals surface area contributed by atoms with Gasteiger partial charge >= 0.3 is 12.0 Å². The topological polar surface area (TPSA) is 111 Å². The highest BCUT2D eigenvalue weighted by Crippen LogP contribution is 2.22. The molecule has 2 rings (SSSR count). The number of hydrogen-bond acceptors (Lipinski definition) is 6. The largest absolute Gasteiger partial charge is 0.452 e. The van der Waals surface area contributed by atoms with E-state index in [1.807, 2.05) is 13.8 Å². The van der Waals surface area contributed by atoms with Crippen LogP contribution >= 0.6 is 0 Å². The number of aryl methyl sites for hydroxylation is 1. The molecule has 0 radical (unpaired) electrons. The van der Waals surface area contributed by atoms with Crippen LogP contribution < -0.4 is 10.6 Å². The van der Waals surface area contributed by atoms with Gasteiger partial charge in [0.05, 0.1) is 5.69 Å². The van der Waals surface area contributed by atoms with Crippen molar-refractivity contribution in [3.63, 3.8) is 0 Å². The van der Waals surface area contributed by atoms with E-state index in [2.05, 4.69) is 15.8 Å². The molecular formula is C14H19N3O5. The molecule has 1 aromatic heterocycles. The number of esters is 1. The zero-order valence-corrected chi connectivity index (χ0v) is 12.8. The van der Waals surface area contributed by atoms with E-state index in [1.54, 1.807) is 6.92 Å². The van der Waals surface area contributed by atoms with Crippen molar-refractivity contribution in [1.82, 2.24) is 15.8 Å². The van der Waals surface area contributed by atoms with Crippen LogP contribution in [-0.2, 0) is 9.53 Å². The van der Waals surface area contributed by atoms with E-state index >= 15 is 0 Å². The molecule has 0 aromatic carbocycles. The van der Waals surface area contributed by atoms with Crippen molar-refractivity contribution in [3.05, 3.63) is 17.0 Å². The first-order chi connectivity index (χ1) is 10.4. The normalized spacial score (nSPS) is 13.8. The van der Waals surface area contributed by atoms with Gasteiger partial charge < -0.3 is 14.6 Å². The molecule has 1 aliphatic carbocycles. The number of nitrogens with one attached hydrogen (secondary N) is 2. The smallest absolute Gasteiger partial charge is 0.344 e. The molecule has 8 heteroatoms. The Balaban J connectivity index is 1.85. The van der Waals surface area contributed by atoms with Gasteiger partial charge in [0.1, 0.15) is 5.56 Å². The number of amides is 3. The fraction of sp³-hybridized carbons (Fsp3) is 0.571. The molecule has 1 aromatic rings. The van der Waals surface area contributed by atoms with Crippen LogP contribution in [0.15, 0.2) is 4.52 Å². The number of rotatable bonds is 5. The summed E-state index contributed by atoms with van der Waals surface area (Å²) in [6.45, 7) is 4.78. The predicted molar refractivity (Wildman–Crippen MR) is 75.3 cm³/mol. The molecular weight excluding hydrogens is 290 g/mol. The molecule has 1 fully saturated rings. The number of hydrogen-bond donors (Lipinski definition) is 2. The van der Waals surface area contributed by atoms with E-state index in [1.165, 1.54) is 0 Å². The van der Waals surface area contributed by atoms with Gasteiger partial charge in [-0.2, -0.15) is 0 Å². The van der Waals surface area contributed by atoms with Gasteiger partial charge in [-0.05, 0) is 19.8 Å². The van der Waals surface area contributed by atoms with Crippen molar-refractivity contribution in [2.75, 3.05) is 6.61 Å². The van der Waals surface area contributed by atoms with E-state index in [0.717, 1.165) is 12.8 Å². The van der Waals surface area contributed by atoms with Crippen molar-refractivity contribution in [3.8, 4) is 0 Å². The van der Waals surface area contributed by atoms with E-state index in [9.17, 15) is 14.4 Å². The fourth-order valence-electron chi connectivity index (χ4n) is 1.84. The molecule has 3 amide bonds. The molecule has 0 bridgehead atoms. The Morgan fingerprint density at radius 2 is 2.05 bits per heavy atom. The van der Waals surface area contributed by atoms with Crippen LogP contribution in [0.25, 0.3) is 0 Å². The first-order valence-corrected chi connectivity index (χ1v) is 7.12. The Labute approximate surface area is 127 Å². The molecule has 8 nitrogen and oxygen atoms in total. The third-order valence-electron chi connectivity index (χ3n) is 3.12. The second-order valence-corrected chi connectivity index (χ2v) is 5.53. The van der Waals surface area contributed by atoms with Crippen molar-refractivity contribution in [2.45, 2.75) is 45.6 Å². The highest BCUT2D eigenvalue weighted by atomic mass is 16.5. The van der Waals surface area contributed by atoms with Gasteiger partial charge in [0.2, 0.25) is 0 Å². The van der Waals surface area contributed by atoms with Crippen molar-refractivity contribution < 1.29 is 23.6 Å². The summed E-state index contributed by atoms with van der Waals surface area (Å²) in [5.74, 6) is -1.01. The lowest BCUT2D eigenvalue weighted by Crippen LogP contribution is -2.42. The van der Waals surface area contributed by atoms with Crippen molar-refractivity contribution in [1.29, 1.82) is 0 Å². The minimum atomic E-state index is -0.694. The summed E-state index contributed by atoms with van der Waals surface area (Å²) < 4.78 is 9.99. The van der Waals surface area contributed by atoms with Crippen LogP contribution in [0.3, 0.4) is 0 Å². The molecule has 0 atom stereocenters. The molecule has 22 heavy (non-hydrogen) atoms. The predicted octanol–water partition coefficient (Wildman–Crippen LogP) is 1.25. The Kier molecular flexibility index (Phi) is 4.79. The summed E-state index contributed by atoms with van der Waals surface area (Å²) in [4.78, 5) is 34.9. The number of aromatic nitrogens is 1. The second kappa shape index (κ2) is 6.59. The van der Waals surface area contributed by atoms with E-state index in [0.29, 0.717) is 11.5 Å². The molecule has 1 aliphatic rings. The Morgan fingerprint density at radius 1 is 1.36 bits per heavy atom. The van der Waals surface area contributed by atoms with Crippen molar-refractivity contribution >= 4 is 17.9 Å². The number of nitrogens with zero attached hydrogens (tertiary/aromatic N) is 1. The molecule has 2 N–H and O–H groups in total. The Morgan fingerprint density at radius 3 is 2.64 bits per heavy atom. The lowest BCUT2D eigenvalue weighted by Gasteiger charge is -2.07. The molecule has 0 saturated heterocycles. The van der Waals surface area contributed by atoms with Gasteiger partial charge in [0.15, 0.2) is 12.4 Å². The maximum Gasteiger partial charge on any atom is 0.344 e. The van der Waals surface area contributed by atoms with Crippen LogP contribution in [0.5, 0.6) is 0 Å². The molecule has 0 spiro atoms. The number of carbonyl (C=O) groups is 3. The zero-order valence-electron chi connectivity index (χ0n) is 12.8. The molecule has 0 unspecified atom stereocenters. The summed E-state index contributed by atoms with van der Waals surface area (Å²) in [7, 11) is 0. The number of imide groups is 1. The minimum absolute atomic E-state index is 0.0399. The number of carbonyl (C=O) groups excluding carboxylic acids is 3. The zero-order chi connectivity index (χ0) is 16.3. The van der Waals surface area contributed by atoms with Gasteiger partial charge in [-0.15, -0.1) is 0 Å². The molecule has 120 valence electrons. The quantitative estimate of drug-likeness (QED) is 0.792. The molecule has 0 aliphatic heterocycles. The van der Waals surface area contributed by atoms with Gasteiger partial charge in [-0.25, -0.2) is 9.59 Å². The summed E-state index contributed by atoms with van der Waals surface area (Å²) >= 11 is 0. The minimum Gasteiger partial charge on any atom is -0.452 e. The summed E-state index contributed by atoms with van der Waals surface area (Å²) in [6, 6.07) is -0.434. The lowest BCUT2D eigenvalue weighted by atomic mass is 10.1. The van der Waals surface area contributed by atoms with E-state index in [4.69, 9.17) is 9.26 Å². The fourth-order valence-corrected chi connectivity index (χ4v) is 1.84. The standard InChI is InChI=1S/C14H19N3O5/c1-7(2)12-11(8(3)17-22-12)13(19)21-6-10(18)16-14(20)15-9-4-5-9/h7,9H,4-6H2,1-3H3,(H2,15,16,18,20). The van der Waals surface area contributed by atoms with Gasteiger partial charge in [-0.3, -0.25) is 10.1 Å². The SMILES string of the molecule is Cc1noc(C(C)C)c1C(=O)OCC(=O)NC(=O)NC1CC1. The number of urea groups is 1. The average Bonchev–Trinajstić information content (AvgIpc) is 3.15. The first-order valence-electron chi connectivity index (χ1n) is 7.12. The average molecular weight is 309 g/mol. The van der Waals surface area contributed by atoms with Gasteiger partial charge in [-0.1, -0.05) is 19.0 Å². The van der Waals surface area contributed by atoms with Gasteiger partial charge in [0, 0.05) is 12.0 Å². The highest BCUT2D eigenvalue weighted by Gasteiger charge is 2.26. The monoisotopic (exact) mass is 309 g/mol. The maximum absolute atomic E-state index is 12.0. The van der Waals surface area contributed by atoms with Crippen LogP contribution in [0, 0.1) is 6.92 Å². The maximum atomic E-state index is 12.0. The van der Waals surface area contributed by atoms with Crippen LogP contribution in [-0.4, -0.2) is 35.7 Å². The van der Waals surface area contributed by atoms with Crippen LogP contribution in [0.4, 0.5) is 4.79 Å². The summed E-state index contributed by atoms with van der Waals surface area (Å²) in [5.41, 5.74) is 0.630.